The van der Waals surface area contributed by atoms with Crippen LogP contribution in [0.4, 0.5) is 11.9 Å². The minimum Gasteiger partial charge on any atom is -0.353 e. The lowest BCUT2D eigenvalue weighted by molar-refractivity contribution is 0.226. The number of nitrogens with zero attached hydrogens (tertiary/aromatic N) is 5. The summed E-state index contributed by atoms with van der Waals surface area (Å²) in [5, 5.41) is 6.90. The molecule has 3 heterocycles. The first-order chi connectivity index (χ1) is 12.8. The molecule has 1 fully saturated rings. The molecule has 26 heavy (non-hydrogen) atoms. The zero-order valence-electron chi connectivity index (χ0n) is 15.1. The second-order valence-corrected chi connectivity index (χ2v) is 6.74. The highest BCUT2D eigenvalue weighted by Crippen LogP contribution is 2.20. The van der Waals surface area contributed by atoms with E-state index in [1.807, 2.05) is 12.1 Å². The van der Waals surface area contributed by atoms with Crippen LogP contribution in [0.5, 0.6) is 0 Å². The lowest BCUT2D eigenvalue weighted by atomic mass is 10.1. The van der Waals surface area contributed by atoms with Crippen LogP contribution in [0.1, 0.15) is 12.8 Å². The maximum Gasteiger partial charge on any atom is 0.222 e. The van der Waals surface area contributed by atoms with Gasteiger partial charge in [0.05, 0.1) is 11.0 Å². The van der Waals surface area contributed by atoms with E-state index < -0.39 is 0 Å². The van der Waals surface area contributed by atoms with Gasteiger partial charge >= 0.3 is 0 Å². The normalized spacial score (nSPS) is 16.0. The summed E-state index contributed by atoms with van der Waals surface area (Å²) >= 11 is 0. The number of fused-ring (bicyclic) bond motifs is 1. The molecule has 0 bridgehead atoms. The standard InChI is InChI=1S/C19H25N7/c1-25-17-6-3-2-5-16(17)24-19(25)23-15-7-12-26(13-8-15)14-11-22-18-20-9-4-10-21-18/h2-6,9-10,15H,7-8,11-14H2,1H3,(H,23,24)(H,20,21,22). The van der Waals surface area contributed by atoms with Crippen LogP contribution >= 0.6 is 0 Å². The quantitative estimate of drug-likeness (QED) is 0.710. The summed E-state index contributed by atoms with van der Waals surface area (Å²) in [5.41, 5.74) is 2.21. The van der Waals surface area contributed by atoms with Crippen LogP contribution in [0.15, 0.2) is 42.7 Å². The fourth-order valence-electron chi connectivity index (χ4n) is 3.47. The summed E-state index contributed by atoms with van der Waals surface area (Å²) in [6.45, 7) is 4.07. The van der Waals surface area contributed by atoms with Gasteiger partial charge in [-0.25, -0.2) is 15.0 Å². The topological polar surface area (TPSA) is 70.9 Å². The van der Waals surface area contributed by atoms with Crippen molar-refractivity contribution in [2.24, 2.45) is 7.05 Å². The average Bonchev–Trinajstić information content (AvgIpc) is 3.00. The Balaban J connectivity index is 1.25. The predicted octanol–water partition coefficient (Wildman–Crippen LogP) is 2.35. The third kappa shape index (κ3) is 3.77. The van der Waals surface area contributed by atoms with Crippen molar-refractivity contribution in [3.8, 4) is 0 Å². The molecule has 0 amide bonds. The Morgan fingerprint density at radius 1 is 1.08 bits per heavy atom. The summed E-state index contributed by atoms with van der Waals surface area (Å²) in [7, 11) is 2.07. The zero-order chi connectivity index (χ0) is 17.8. The number of imidazole rings is 1. The smallest absolute Gasteiger partial charge is 0.222 e. The Kier molecular flexibility index (Phi) is 4.97. The van der Waals surface area contributed by atoms with Crippen LogP contribution in [-0.2, 0) is 7.05 Å². The van der Waals surface area contributed by atoms with Gasteiger partial charge in [-0.1, -0.05) is 12.1 Å². The second kappa shape index (κ2) is 7.70. The van der Waals surface area contributed by atoms with Crippen molar-refractivity contribution in [3.05, 3.63) is 42.7 Å². The maximum atomic E-state index is 4.72. The highest BCUT2D eigenvalue weighted by atomic mass is 15.2. The molecule has 1 aromatic carbocycles. The molecule has 3 aromatic rings. The van der Waals surface area contributed by atoms with Gasteiger partial charge in [-0.05, 0) is 31.0 Å². The van der Waals surface area contributed by atoms with Gasteiger partial charge in [-0.3, -0.25) is 0 Å². The largest absolute Gasteiger partial charge is 0.353 e. The minimum absolute atomic E-state index is 0.479. The summed E-state index contributed by atoms with van der Waals surface area (Å²) in [6, 6.07) is 10.6. The SMILES string of the molecule is Cn1c(NC2CCN(CCNc3ncccn3)CC2)nc2ccccc21. The predicted molar refractivity (Wildman–Crippen MR) is 104 cm³/mol. The molecular formula is C19H25N7. The molecule has 7 nitrogen and oxygen atoms in total. The molecule has 2 aromatic heterocycles. The summed E-state index contributed by atoms with van der Waals surface area (Å²) in [6.07, 6.45) is 5.77. The van der Waals surface area contributed by atoms with Crippen LogP contribution in [0.2, 0.25) is 0 Å². The van der Waals surface area contributed by atoms with E-state index in [1.54, 1.807) is 12.4 Å². The van der Waals surface area contributed by atoms with Crippen molar-refractivity contribution in [2.75, 3.05) is 36.8 Å². The first kappa shape index (κ1) is 16.8. The van der Waals surface area contributed by atoms with Crippen LogP contribution in [0, 0.1) is 0 Å². The van der Waals surface area contributed by atoms with Crippen molar-refractivity contribution in [3.63, 3.8) is 0 Å². The highest BCUT2D eigenvalue weighted by molar-refractivity contribution is 5.78. The molecule has 1 saturated heterocycles. The lowest BCUT2D eigenvalue weighted by Gasteiger charge is -2.32. The number of rotatable bonds is 6. The molecule has 0 aliphatic carbocycles. The molecular weight excluding hydrogens is 326 g/mol. The minimum atomic E-state index is 0.479. The Bertz CT molecular complexity index is 837. The third-order valence-corrected chi connectivity index (χ3v) is 4.98. The molecule has 0 atom stereocenters. The van der Waals surface area contributed by atoms with Gasteiger partial charge in [0.25, 0.3) is 0 Å². The Labute approximate surface area is 153 Å². The van der Waals surface area contributed by atoms with Crippen molar-refractivity contribution < 1.29 is 0 Å². The Morgan fingerprint density at radius 2 is 1.85 bits per heavy atom. The fourth-order valence-corrected chi connectivity index (χ4v) is 3.47. The van der Waals surface area contributed by atoms with E-state index >= 15 is 0 Å². The average molecular weight is 351 g/mol. The van der Waals surface area contributed by atoms with E-state index in [4.69, 9.17) is 4.98 Å². The summed E-state index contributed by atoms with van der Waals surface area (Å²) < 4.78 is 2.14. The molecule has 0 radical (unpaired) electrons. The van der Waals surface area contributed by atoms with Gasteiger partial charge in [-0.15, -0.1) is 0 Å². The number of piperidine rings is 1. The van der Waals surface area contributed by atoms with E-state index in [9.17, 15) is 0 Å². The van der Waals surface area contributed by atoms with E-state index in [2.05, 4.69) is 55.3 Å². The van der Waals surface area contributed by atoms with Crippen LogP contribution < -0.4 is 10.6 Å². The van der Waals surface area contributed by atoms with Gasteiger partial charge in [-0.2, -0.15) is 0 Å². The van der Waals surface area contributed by atoms with Gasteiger partial charge in [0.15, 0.2) is 0 Å². The molecule has 7 heteroatoms. The molecule has 2 N–H and O–H groups in total. The number of aromatic nitrogens is 4. The van der Waals surface area contributed by atoms with Crippen molar-refractivity contribution in [2.45, 2.75) is 18.9 Å². The molecule has 136 valence electrons. The number of hydrogen-bond acceptors (Lipinski definition) is 6. The van der Waals surface area contributed by atoms with Gasteiger partial charge in [0.1, 0.15) is 0 Å². The Hall–Kier alpha value is -2.67. The maximum absolute atomic E-state index is 4.72. The second-order valence-electron chi connectivity index (χ2n) is 6.74. The lowest BCUT2D eigenvalue weighted by Crippen LogP contribution is -2.41. The zero-order valence-corrected chi connectivity index (χ0v) is 15.1. The van der Waals surface area contributed by atoms with Crippen LogP contribution in [0.3, 0.4) is 0 Å². The third-order valence-electron chi connectivity index (χ3n) is 4.98. The molecule has 1 aliphatic rings. The van der Waals surface area contributed by atoms with Crippen molar-refractivity contribution in [1.82, 2.24) is 24.4 Å². The monoisotopic (exact) mass is 351 g/mol. The van der Waals surface area contributed by atoms with Gasteiger partial charge in [0.2, 0.25) is 11.9 Å². The van der Waals surface area contributed by atoms with Gasteiger partial charge in [0, 0.05) is 51.7 Å². The fraction of sp³-hybridized carbons (Fsp3) is 0.421. The number of nitrogens with one attached hydrogen (secondary N) is 2. The number of para-hydroxylation sites is 2. The van der Waals surface area contributed by atoms with E-state index in [0.717, 1.165) is 50.5 Å². The van der Waals surface area contributed by atoms with Crippen LogP contribution in [-0.4, -0.2) is 56.6 Å². The van der Waals surface area contributed by atoms with E-state index in [1.165, 1.54) is 5.52 Å². The molecule has 0 spiro atoms. The van der Waals surface area contributed by atoms with E-state index in [-0.39, 0.29) is 0 Å². The Morgan fingerprint density at radius 3 is 2.62 bits per heavy atom. The van der Waals surface area contributed by atoms with Gasteiger partial charge < -0.3 is 20.1 Å². The first-order valence-corrected chi connectivity index (χ1v) is 9.21. The number of aryl methyl sites for hydroxylation is 1. The summed E-state index contributed by atoms with van der Waals surface area (Å²) in [5.74, 6) is 1.67. The first-order valence-electron chi connectivity index (χ1n) is 9.21. The number of hydrogen-bond donors (Lipinski definition) is 2. The van der Waals surface area contributed by atoms with Crippen molar-refractivity contribution >= 4 is 22.9 Å². The molecule has 0 saturated carbocycles. The van der Waals surface area contributed by atoms with E-state index in [0.29, 0.717) is 12.0 Å². The highest BCUT2D eigenvalue weighted by Gasteiger charge is 2.20. The number of benzene rings is 1. The number of anilines is 2. The molecule has 1 aliphatic heterocycles. The molecule has 0 unspecified atom stereocenters. The van der Waals surface area contributed by atoms with Crippen LogP contribution in [0.25, 0.3) is 11.0 Å². The number of likely N-dealkylation sites (tertiary alicyclic amines) is 1. The summed E-state index contributed by atoms with van der Waals surface area (Å²) in [4.78, 5) is 15.6. The molecule has 4 rings (SSSR count). The van der Waals surface area contributed by atoms with Crippen molar-refractivity contribution in [1.29, 1.82) is 0 Å².